The second-order valence-corrected chi connectivity index (χ2v) is 14.7. The van der Waals surface area contributed by atoms with Crippen LogP contribution in [0.3, 0.4) is 0 Å². The third-order valence-corrected chi connectivity index (χ3v) is 12.0. The van der Waals surface area contributed by atoms with Crippen LogP contribution in [-0.2, 0) is 0 Å². The predicted octanol–water partition coefficient (Wildman–Crippen LogP) is 14.4. The Bertz CT molecular complexity index is 2810. The topological polar surface area (TPSA) is 3.24 Å². The molecular formula is C46H29NS2. The van der Waals surface area contributed by atoms with Crippen LogP contribution in [0.15, 0.2) is 176 Å². The number of hydrogen-bond donors (Lipinski definition) is 0. The summed E-state index contributed by atoms with van der Waals surface area (Å²) in [5.74, 6) is 0. The number of nitrogens with zero attached hydrogens (tertiary/aromatic N) is 1. The van der Waals surface area contributed by atoms with Crippen LogP contribution in [0.2, 0.25) is 0 Å². The molecule has 0 radical (unpaired) electrons. The molecule has 0 spiro atoms. The molecule has 0 aliphatic heterocycles. The number of anilines is 3. The fraction of sp³-hybridized carbons (Fsp3) is 0. The van der Waals surface area contributed by atoms with Crippen molar-refractivity contribution in [2.45, 2.75) is 0 Å². The van der Waals surface area contributed by atoms with E-state index in [1.807, 2.05) is 22.7 Å². The van der Waals surface area contributed by atoms with Gasteiger partial charge in [0.1, 0.15) is 0 Å². The number of fused-ring (bicyclic) bond motifs is 8. The maximum atomic E-state index is 2.38. The van der Waals surface area contributed by atoms with Gasteiger partial charge in [0, 0.05) is 57.4 Å². The standard InChI is InChI=1S/C46H29NS2/c1-2-8-30(9-3-1)31-14-20-35(21-15-31)47(37-24-27-40-39-12-6-7-13-43(39)48-45(40)29-37)36-22-16-32(17-23-36)34-19-25-41-42-26-18-33-10-4-5-11-38(33)46(42)49-44(41)28-34/h1-29H. The van der Waals surface area contributed by atoms with Crippen LogP contribution in [-0.4, -0.2) is 0 Å². The van der Waals surface area contributed by atoms with E-state index < -0.39 is 0 Å². The Kier molecular flexibility index (Phi) is 6.61. The Morgan fingerprint density at radius 1 is 0.306 bits per heavy atom. The van der Waals surface area contributed by atoms with Crippen molar-refractivity contribution in [2.24, 2.45) is 0 Å². The highest BCUT2D eigenvalue weighted by Gasteiger charge is 2.16. The van der Waals surface area contributed by atoms with E-state index in [4.69, 9.17) is 0 Å². The zero-order chi connectivity index (χ0) is 32.3. The molecular weight excluding hydrogens is 631 g/mol. The smallest absolute Gasteiger partial charge is 0.0476 e. The lowest BCUT2D eigenvalue weighted by Gasteiger charge is -2.26. The molecule has 0 saturated heterocycles. The van der Waals surface area contributed by atoms with E-state index in [1.54, 1.807) is 0 Å². The lowest BCUT2D eigenvalue weighted by molar-refractivity contribution is 1.29. The van der Waals surface area contributed by atoms with E-state index in [9.17, 15) is 0 Å². The highest BCUT2D eigenvalue weighted by Crippen LogP contribution is 2.43. The molecule has 0 N–H and O–H groups in total. The van der Waals surface area contributed by atoms with E-state index in [2.05, 4.69) is 181 Å². The van der Waals surface area contributed by atoms with E-state index in [0.717, 1.165) is 17.1 Å². The molecule has 49 heavy (non-hydrogen) atoms. The summed E-state index contributed by atoms with van der Waals surface area (Å²) in [5, 5.41) is 7.92. The van der Waals surface area contributed by atoms with Gasteiger partial charge in [-0.05, 0) is 81.6 Å². The normalized spacial score (nSPS) is 11.7. The van der Waals surface area contributed by atoms with Crippen LogP contribution in [0.4, 0.5) is 17.1 Å². The minimum absolute atomic E-state index is 1.13. The van der Waals surface area contributed by atoms with E-state index in [1.165, 1.54) is 73.4 Å². The molecule has 0 amide bonds. The molecule has 0 atom stereocenters. The Hall–Kier alpha value is -5.74. The van der Waals surface area contributed by atoms with E-state index in [-0.39, 0.29) is 0 Å². The van der Waals surface area contributed by atoms with Crippen LogP contribution in [0.1, 0.15) is 0 Å². The molecule has 3 heteroatoms. The zero-order valence-corrected chi connectivity index (χ0v) is 28.1. The molecule has 10 aromatic rings. The maximum Gasteiger partial charge on any atom is 0.0476 e. The molecule has 0 bridgehead atoms. The fourth-order valence-electron chi connectivity index (χ4n) is 7.22. The summed E-state index contributed by atoms with van der Waals surface area (Å²) in [6, 6.07) is 64.3. The van der Waals surface area contributed by atoms with Crippen LogP contribution >= 0.6 is 22.7 Å². The summed E-state index contributed by atoms with van der Waals surface area (Å²) in [6.07, 6.45) is 0. The molecule has 0 fully saturated rings. The largest absolute Gasteiger partial charge is 0.310 e. The minimum atomic E-state index is 1.13. The van der Waals surface area contributed by atoms with Gasteiger partial charge >= 0.3 is 0 Å². The van der Waals surface area contributed by atoms with Crippen molar-refractivity contribution in [1.29, 1.82) is 0 Å². The predicted molar refractivity (Wildman–Crippen MR) is 215 cm³/mol. The summed E-state index contributed by atoms with van der Waals surface area (Å²) in [5.41, 5.74) is 8.30. The number of rotatable bonds is 5. The number of benzene rings is 8. The summed E-state index contributed by atoms with van der Waals surface area (Å²) >= 11 is 3.76. The Morgan fingerprint density at radius 2 is 0.837 bits per heavy atom. The van der Waals surface area contributed by atoms with Gasteiger partial charge in [0.2, 0.25) is 0 Å². The van der Waals surface area contributed by atoms with Crippen molar-refractivity contribution < 1.29 is 0 Å². The Labute approximate surface area is 292 Å². The first-order valence-corrected chi connectivity index (χ1v) is 18.2. The van der Waals surface area contributed by atoms with Crippen molar-refractivity contribution in [2.75, 3.05) is 4.90 Å². The van der Waals surface area contributed by atoms with Gasteiger partial charge in [0.05, 0.1) is 0 Å². The number of hydrogen-bond acceptors (Lipinski definition) is 3. The summed E-state index contributed by atoms with van der Waals surface area (Å²) in [6.45, 7) is 0. The first kappa shape index (κ1) is 28.3. The summed E-state index contributed by atoms with van der Waals surface area (Å²) in [4.78, 5) is 2.38. The molecule has 230 valence electrons. The van der Waals surface area contributed by atoms with Crippen LogP contribution in [0.25, 0.3) is 73.4 Å². The van der Waals surface area contributed by atoms with Gasteiger partial charge < -0.3 is 4.90 Å². The molecule has 8 aromatic carbocycles. The minimum Gasteiger partial charge on any atom is -0.310 e. The second-order valence-electron chi connectivity index (χ2n) is 12.6. The molecule has 2 aromatic heterocycles. The summed E-state index contributed by atoms with van der Waals surface area (Å²) < 4.78 is 5.31. The van der Waals surface area contributed by atoms with Crippen LogP contribution in [0.5, 0.6) is 0 Å². The van der Waals surface area contributed by atoms with Gasteiger partial charge in [0.25, 0.3) is 0 Å². The lowest BCUT2D eigenvalue weighted by atomic mass is 10.0. The van der Waals surface area contributed by atoms with E-state index >= 15 is 0 Å². The maximum absolute atomic E-state index is 2.38. The zero-order valence-electron chi connectivity index (χ0n) is 26.5. The van der Waals surface area contributed by atoms with Gasteiger partial charge in [-0.1, -0.05) is 127 Å². The van der Waals surface area contributed by atoms with Crippen LogP contribution < -0.4 is 4.90 Å². The van der Waals surface area contributed by atoms with Gasteiger partial charge in [0.15, 0.2) is 0 Å². The monoisotopic (exact) mass is 659 g/mol. The van der Waals surface area contributed by atoms with Gasteiger partial charge in [-0.3, -0.25) is 0 Å². The van der Waals surface area contributed by atoms with Crippen molar-refractivity contribution in [3.8, 4) is 22.3 Å². The molecule has 2 heterocycles. The molecule has 0 unspecified atom stereocenters. The fourth-order valence-corrected chi connectivity index (χ4v) is 9.64. The third kappa shape index (κ3) is 4.82. The van der Waals surface area contributed by atoms with Crippen LogP contribution in [0, 0.1) is 0 Å². The van der Waals surface area contributed by atoms with Gasteiger partial charge in [-0.25, -0.2) is 0 Å². The molecule has 0 aliphatic rings. The lowest BCUT2D eigenvalue weighted by Crippen LogP contribution is -2.09. The first-order chi connectivity index (χ1) is 24.3. The quantitative estimate of drug-likeness (QED) is 0.178. The van der Waals surface area contributed by atoms with Crippen molar-refractivity contribution in [1.82, 2.24) is 0 Å². The highest BCUT2D eigenvalue weighted by molar-refractivity contribution is 7.26. The average molecular weight is 660 g/mol. The molecule has 0 aliphatic carbocycles. The third-order valence-electron chi connectivity index (χ3n) is 9.68. The van der Waals surface area contributed by atoms with Gasteiger partial charge in [-0.2, -0.15) is 0 Å². The number of thiophene rings is 2. The van der Waals surface area contributed by atoms with Crippen molar-refractivity contribution >= 4 is 90.9 Å². The molecule has 0 saturated carbocycles. The van der Waals surface area contributed by atoms with Crippen molar-refractivity contribution in [3.05, 3.63) is 176 Å². The van der Waals surface area contributed by atoms with Crippen molar-refractivity contribution in [3.63, 3.8) is 0 Å². The Morgan fingerprint density at radius 3 is 1.63 bits per heavy atom. The first-order valence-electron chi connectivity index (χ1n) is 16.6. The Balaban J connectivity index is 1.06. The SMILES string of the molecule is c1ccc(-c2ccc(N(c3ccc(-c4ccc5c(c4)sc4c6ccccc6ccc54)cc3)c3ccc4c(c3)sc3ccccc34)cc2)cc1. The van der Waals surface area contributed by atoms with Gasteiger partial charge in [-0.15, -0.1) is 22.7 Å². The average Bonchev–Trinajstić information content (AvgIpc) is 3.74. The highest BCUT2D eigenvalue weighted by atomic mass is 32.1. The molecule has 1 nitrogen and oxygen atoms in total. The second kappa shape index (κ2) is 11.5. The molecule has 10 rings (SSSR count). The van der Waals surface area contributed by atoms with E-state index in [0.29, 0.717) is 0 Å². The summed E-state index contributed by atoms with van der Waals surface area (Å²) in [7, 11) is 0.